The standard InChI is InChI=1S/C17H29NO3S2/c1-2-3-4-5-6-7-8-15-9-10-16(17(22)13-15)14-23(20,21)18-11-12-19/h9-10,13,18-19,22H,2-8,11-12,14H2,1H3. The van der Waals surface area contributed by atoms with Crippen LogP contribution in [0.15, 0.2) is 23.1 Å². The van der Waals surface area contributed by atoms with Crippen molar-refractivity contribution in [2.45, 2.75) is 62.5 Å². The van der Waals surface area contributed by atoms with Crippen molar-refractivity contribution >= 4 is 22.7 Å². The average Bonchev–Trinajstić information content (AvgIpc) is 2.51. The number of benzene rings is 1. The lowest BCUT2D eigenvalue weighted by atomic mass is 10.0. The van der Waals surface area contributed by atoms with Crippen LogP contribution in [0.4, 0.5) is 0 Å². The summed E-state index contributed by atoms with van der Waals surface area (Å²) in [5, 5.41) is 8.70. The topological polar surface area (TPSA) is 66.4 Å². The van der Waals surface area contributed by atoms with E-state index in [9.17, 15) is 8.42 Å². The molecule has 1 rings (SSSR count). The maximum absolute atomic E-state index is 11.8. The quantitative estimate of drug-likeness (QED) is 0.396. The molecule has 0 aliphatic heterocycles. The number of nitrogens with one attached hydrogen (secondary N) is 1. The first-order valence-electron chi connectivity index (χ1n) is 8.37. The number of hydrogen-bond acceptors (Lipinski definition) is 4. The predicted molar refractivity (Wildman–Crippen MR) is 98.5 cm³/mol. The average molecular weight is 360 g/mol. The third-order valence-corrected chi connectivity index (χ3v) is 5.50. The summed E-state index contributed by atoms with van der Waals surface area (Å²) in [6, 6.07) is 5.79. The molecule has 6 heteroatoms. The minimum atomic E-state index is -3.42. The Bertz CT molecular complexity index is 559. The van der Waals surface area contributed by atoms with Crippen LogP contribution in [0.5, 0.6) is 0 Å². The zero-order chi connectivity index (χ0) is 17.1. The Balaban J connectivity index is 2.48. The molecule has 4 nitrogen and oxygen atoms in total. The first-order chi connectivity index (χ1) is 11.0. The van der Waals surface area contributed by atoms with Crippen LogP contribution in [0.3, 0.4) is 0 Å². The van der Waals surface area contributed by atoms with Gasteiger partial charge in [0.25, 0.3) is 0 Å². The fourth-order valence-electron chi connectivity index (χ4n) is 2.45. The highest BCUT2D eigenvalue weighted by molar-refractivity contribution is 7.88. The summed E-state index contributed by atoms with van der Waals surface area (Å²) in [5.41, 5.74) is 1.89. The third kappa shape index (κ3) is 8.74. The second kappa shape index (κ2) is 11.1. The number of hydrogen-bond donors (Lipinski definition) is 3. The second-order valence-electron chi connectivity index (χ2n) is 5.86. The SMILES string of the molecule is CCCCCCCCc1ccc(CS(=O)(=O)NCCO)c(S)c1. The van der Waals surface area contributed by atoms with Crippen LogP contribution in [0, 0.1) is 0 Å². The summed E-state index contributed by atoms with van der Waals surface area (Å²) in [7, 11) is -3.42. The Morgan fingerprint density at radius 1 is 1.13 bits per heavy atom. The van der Waals surface area contributed by atoms with Gasteiger partial charge in [0.05, 0.1) is 12.4 Å². The Kier molecular flexibility index (Phi) is 9.86. The van der Waals surface area contributed by atoms with Gasteiger partial charge in [0, 0.05) is 11.4 Å². The molecule has 0 unspecified atom stereocenters. The fourth-order valence-corrected chi connectivity index (χ4v) is 4.05. The van der Waals surface area contributed by atoms with E-state index in [-0.39, 0.29) is 18.9 Å². The highest BCUT2D eigenvalue weighted by Gasteiger charge is 2.13. The Morgan fingerprint density at radius 3 is 2.48 bits per heavy atom. The van der Waals surface area contributed by atoms with Gasteiger partial charge < -0.3 is 5.11 Å². The predicted octanol–water partition coefficient (Wildman–Crippen LogP) is 3.29. The minimum absolute atomic E-state index is 0.0420. The maximum Gasteiger partial charge on any atom is 0.215 e. The minimum Gasteiger partial charge on any atom is -0.395 e. The molecule has 0 heterocycles. The fraction of sp³-hybridized carbons (Fsp3) is 0.647. The summed E-state index contributed by atoms with van der Waals surface area (Å²) in [6.45, 7) is 2.06. The van der Waals surface area contributed by atoms with Gasteiger partial charge in [-0.1, -0.05) is 51.2 Å². The van der Waals surface area contributed by atoms with Crippen molar-refractivity contribution in [1.29, 1.82) is 0 Å². The summed E-state index contributed by atoms with van der Waals surface area (Å²) < 4.78 is 26.0. The molecule has 0 aliphatic rings. The number of sulfonamides is 1. The van der Waals surface area contributed by atoms with E-state index in [4.69, 9.17) is 5.11 Å². The van der Waals surface area contributed by atoms with Crippen LogP contribution in [0.2, 0.25) is 0 Å². The van der Waals surface area contributed by atoms with E-state index in [2.05, 4.69) is 24.3 Å². The number of unbranched alkanes of at least 4 members (excludes halogenated alkanes) is 5. The zero-order valence-corrected chi connectivity index (χ0v) is 15.6. The van der Waals surface area contributed by atoms with Gasteiger partial charge in [0.2, 0.25) is 10.0 Å². The summed E-state index contributed by atoms with van der Waals surface area (Å²) >= 11 is 4.42. The van der Waals surface area contributed by atoms with Crippen LogP contribution in [-0.4, -0.2) is 26.7 Å². The number of aliphatic hydroxyl groups excluding tert-OH is 1. The molecular formula is C17H29NO3S2. The van der Waals surface area contributed by atoms with Crippen molar-refractivity contribution in [2.75, 3.05) is 13.2 Å². The highest BCUT2D eigenvalue weighted by atomic mass is 32.2. The zero-order valence-electron chi connectivity index (χ0n) is 13.9. The van der Waals surface area contributed by atoms with E-state index >= 15 is 0 Å². The maximum atomic E-state index is 11.8. The first-order valence-corrected chi connectivity index (χ1v) is 10.5. The molecule has 0 aliphatic carbocycles. The van der Waals surface area contributed by atoms with Gasteiger partial charge in [0.1, 0.15) is 0 Å². The molecule has 0 fully saturated rings. The molecule has 0 aromatic heterocycles. The second-order valence-corrected chi connectivity index (χ2v) is 8.15. The van der Waals surface area contributed by atoms with E-state index in [1.165, 1.54) is 37.7 Å². The van der Waals surface area contributed by atoms with Crippen LogP contribution >= 0.6 is 12.6 Å². The molecule has 0 spiro atoms. The van der Waals surface area contributed by atoms with Gasteiger partial charge in [-0.2, -0.15) is 0 Å². The van der Waals surface area contributed by atoms with Gasteiger partial charge in [0.15, 0.2) is 0 Å². The lowest BCUT2D eigenvalue weighted by molar-refractivity contribution is 0.301. The van der Waals surface area contributed by atoms with E-state index in [1.54, 1.807) is 0 Å². The van der Waals surface area contributed by atoms with Gasteiger partial charge >= 0.3 is 0 Å². The van der Waals surface area contributed by atoms with Crippen molar-refractivity contribution in [3.63, 3.8) is 0 Å². The molecule has 0 bridgehead atoms. The van der Waals surface area contributed by atoms with E-state index in [1.807, 2.05) is 18.2 Å². The van der Waals surface area contributed by atoms with E-state index in [0.29, 0.717) is 10.5 Å². The molecule has 0 atom stereocenters. The van der Waals surface area contributed by atoms with Gasteiger partial charge in [-0.25, -0.2) is 13.1 Å². The first kappa shape index (κ1) is 20.5. The van der Waals surface area contributed by atoms with Crippen LogP contribution in [-0.2, 0) is 22.2 Å². The summed E-state index contributed by atoms with van der Waals surface area (Å²) in [5.74, 6) is -0.108. The molecular weight excluding hydrogens is 330 g/mol. The monoisotopic (exact) mass is 359 g/mol. The number of thiol groups is 1. The van der Waals surface area contributed by atoms with E-state index in [0.717, 1.165) is 12.8 Å². The van der Waals surface area contributed by atoms with Crippen molar-refractivity contribution in [3.05, 3.63) is 29.3 Å². The Labute approximate surface area is 146 Å². The molecule has 0 saturated heterocycles. The molecule has 0 saturated carbocycles. The van der Waals surface area contributed by atoms with Crippen molar-refractivity contribution in [3.8, 4) is 0 Å². The highest BCUT2D eigenvalue weighted by Crippen LogP contribution is 2.20. The molecule has 23 heavy (non-hydrogen) atoms. The van der Waals surface area contributed by atoms with Gasteiger partial charge in [-0.15, -0.1) is 12.6 Å². The smallest absolute Gasteiger partial charge is 0.215 e. The Morgan fingerprint density at radius 2 is 1.83 bits per heavy atom. The number of aliphatic hydroxyl groups is 1. The summed E-state index contributed by atoms with van der Waals surface area (Å²) in [6.07, 6.45) is 8.58. The van der Waals surface area contributed by atoms with Crippen LogP contribution in [0.25, 0.3) is 0 Å². The molecule has 0 radical (unpaired) electrons. The molecule has 1 aromatic rings. The molecule has 2 N–H and O–H groups in total. The van der Waals surface area contributed by atoms with Crippen molar-refractivity contribution in [1.82, 2.24) is 4.72 Å². The molecule has 132 valence electrons. The normalized spacial score (nSPS) is 11.8. The van der Waals surface area contributed by atoms with Crippen LogP contribution in [0.1, 0.15) is 56.6 Å². The lowest BCUT2D eigenvalue weighted by Crippen LogP contribution is -2.28. The Hall–Kier alpha value is -0.560. The number of aryl methyl sites for hydroxylation is 1. The van der Waals surface area contributed by atoms with E-state index < -0.39 is 10.0 Å². The molecule has 0 amide bonds. The summed E-state index contributed by atoms with van der Waals surface area (Å²) in [4.78, 5) is 0.711. The van der Waals surface area contributed by atoms with Gasteiger partial charge in [-0.05, 0) is 30.0 Å². The van der Waals surface area contributed by atoms with Crippen molar-refractivity contribution in [2.24, 2.45) is 0 Å². The van der Waals surface area contributed by atoms with Crippen molar-refractivity contribution < 1.29 is 13.5 Å². The lowest BCUT2D eigenvalue weighted by Gasteiger charge is -2.09. The largest absolute Gasteiger partial charge is 0.395 e. The number of rotatable bonds is 12. The van der Waals surface area contributed by atoms with Crippen LogP contribution < -0.4 is 4.72 Å². The van der Waals surface area contributed by atoms with Gasteiger partial charge in [-0.3, -0.25) is 0 Å². The third-order valence-electron chi connectivity index (χ3n) is 3.75. The molecule has 1 aromatic carbocycles.